The van der Waals surface area contributed by atoms with Crippen LogP contribution in [0.3, 0.4) is 0 Å². The lowest BCUT2D eigenvalue weighted by Gasteiger charge is -2.21. The Morgan fingerprint density at radius 2 is 2.38 bits per heavy atom. The maximum absolute atomic E-state index is 11.6. The summed E-state index contributed by atoms with van der Waals surface area (Å²) in [6, 6.07) is 0. The molecule has 0 aliphatic carbocycles. The number of amides is 1. The van der Waals surface area contributed by atoms with Crippen LogP contribution in [-0.4, -0.2) is 44.1 Å². The molecule has 5 nitrogen and oxygen atoms in total. The van der Waals surface area contributed by atoms with E-state index in [1.54, 1.807) is 0 Å². The smallest absolute Gasteiger partial charge is 0.325 e. The Morgan fingerprint density at radius 3 is 2.94 bits per heavy atom. The Morgan fingerprint density at radius 1 is 1.62 bits per heavy atom. The predicted molar refractivity (Wildman–Crippen MR) is 58.2 cm³/mol. The van der Waals surface area contributed by atoms with Crippen molar-refractivity contribution in [3.05, 3.63) is 0 Å². The molecule has 0 radical (unpaired) electrons. The van der Waals surface area contributed by atoms with E-state index < -0.39 is 11.3 Å². The van der Waals surface area contributed by atoms with Crippen molar-refractivity contribution in [2.45, 2.75) is 18.2 Å². The second-order valence-electron chi connectivity index (χ2n) is 3.65. The van der Waals surface area contributed by atoms with E-state index in [1.165, 1.54) is 7.11 Å². The first kappa shape index (κ1) is 13.3. The van der Waals surface area contributed by atoms with Crippen LogP contribution >= 0.6 is 11.6 Å². The maximum Gasteiger partial charge on any atom is 0.325 e. The van der Waals surface area contributed by atoms with E-state index in [1.807, 2.05) is 0 Å². The molecular weight excluding hydrogens is 234 g/mol. The Balaban J connectivity index is 2.26. The summed E-state index contributed by atoms with van der Waals surface area (Å²) in [5, 5.41) is 1.78. The summed E-state index contributed by atoms with van der Waals surface area (Å²) in [4.78, 5) is 22.6. The lowest BCUT2D eigenvalue weighted by atomic mass is 10.0. The minimum absolute atomic E-state index is 0.0869. The molecule has 1 amide bonds. The van der Waals surface area contributed by atoms with Crippen LogP contribution in [0.5, 0.6) is 0 Å². The third-order valence-electron chi connectivity index (χ3n) is 2.44. The van der Waals surface area contributed by atoms with Gasteiger partial charge in [-0.05, 0) is 12.8 Å². The van der Waals surface area contributed by atoms with E-state index in [2.05, 4.69) is 10.1 Å². The molecule has 0 saturated carbocycles. The van der Waals surface area contributed by atoms with Gasteiger partial charge in [0.05, 0.1) is 19.6 Å². The summed E-state index contributed by atoms with van der Waals surface area (Å²) in [7, 11) is 1.26. The van der Waals surface area contributed by atoms with Crippen molar-refractivity contribution in [3.8, 4) is 0 Å². The van der Waals surface area contributed by atoms with Gasteiger partial charge in [-0.2, -0.15) is 0 Å². The van der Waals surface area contributed by atoms with Crippen LogP contribution in [-0.2, 0) is 19.1 Å². The average Bonchev–Trinajstić information content (AvgIpc) is 2.35. The van der Waals surface area contributed by atoms with E-state index in [9.17, 15) is 9.59 Å². The Kier molecular flexibility index (Phi) is 5.55. The number of rotatable bonds is 4. The first-order valence-electron chi connectivity index (χ1n) is 5.22. The largest absolute Gasteiger partial charge is 0.468 e. The minimum atomic E-state index is -0.835. The normalized spacial score (nSPS) is 22.2. The molecule has 1 saturated heterocycles. The van der Waals surface area contributed by atoms with Gasteiger partial charge in [0.15, 0.2) is 0 Å². The molecule has 0 bridgehead atoms. The van der Waals surface area contributed by atoms with Crippen LogP contribution in [0, 0.1) is 5.92 Å². The lowest BCUT2D eigenvalue weighted by molar-refractivity contribution is -0.140. The van der Waals surface area contributed by atoms with Crippen LogP contribution in [0.2, 0.25) is 0 Å². The standard InChI is InChI=1S/C10H16ClNO4/c1-15-10(14)8(11)5-12-9(13)7-3-2-4-16-6-7/h7-8H,2-6H2,1H3,(H,12,13). The van der Waals surface area contributed by atoms with E-state index in [0.717, 1.165) is 12.8 Å². The summed E-state index contributed by atoms with van der Waals surface area (Å²) < 4.78 is 9.64. The summed E-state index contributed by atoms with van der Waals surface area (Å²) in [5.41, 5.74) is 0. The molecule has 6 heteroatoms. The Bertz CT molecular complexity index is 253. The van der Waals surface area contributed by atoms with Crippen molar-refractivity contribution in [3.63, 3.8) is 0 Å². The number of ether oxygens (including phenoxy) is 2. The number of hydrogen-bond acceptors (Lipinski definition) is 4. The number of carbonyl (C=O) groups excluding carboxylic acids is 2. The molecule has 1 fully saturated rings. The Labute approximate surface area is 99.4 Å². The summed E-state index contributed by atoms with van der Waals surface area (Å²) in [6.45, 7) is 1.24. The molecule has 0 aromatic carbocycles. The van der Waals surface area contributed by atoms with Gasteiger partial charge in [0.25, 0.3) is 0 Å². The third kappa shape index (κ3) is 3.98. The molecular formula is C10H16ClNO4. The zero-order chi connectivity index (χ0) is 12.0. The average molecular weight is 250 g/mol. The number of halogens is 1. The molecule has 16 heavy (non-hydrogen) atoms. The fraction of sp³-hybridized carbons (Fsp3) is 0.800. The predicted octanol–water partition coefficient (Wildman–Crippen LogP) is 0.310. The van der Waals surface area contributed by atoms with Crippen molar-refractivity contribution in [1.29, 1.82) is 0 Å². The van der Waals surface area contributed by atoms with Gasteiger partial charge >= 0.3 is 5.97 Å². The molecule has 0 aromatic heterocycles. The summed E-state index contributed by atoms with van der Waals surface area (Å²) >= 11 is 5.69. The molecule has 2 unspecified atom stereocenters. The SMILES string of the molecule is COC(=O)C(Cl)CNC(=O)C1CCCOC1. The van der Waals surface area contributed by atoms with Gasteiger partial charge in [-0.1, -0.05) is 0 Å². The van der Waals surface area contributed by atoms with Gasteiger partial charge in [-0.3, -0.25) is 9.59 Å². The highest BCUT2D eigenvalue weighted by molar-refractivity contribution is 6.30. The fourth-order valence-corrected chi connectivity index (χ4v) is 1.66. The highest BCUT2D eigenvalue weighted by atomic mass is 35.5. The molecule has 1 aliphatic rings. The number of hydrogen-bond donors (Lipinski definition) is 1. The Hall–Kier alpha value is -0.810. The number of carbonyl (C=O) groups is 2. The fourth-order valence-electron chi connectivity index (χ4n) is 1.49. The molecule has 92 valence electrons. The maximum atomic E-state index is 11.6. The number of alkyl halides is 1. The van der Waals surface area contributed by atoms with Crippen molar-refractivity contribution < 1.29 is 19.1 Å². The van der Waals surface area contributed by atoms with Gasteiger partial charge in [0.1, 0.15) is 5.38 Å². The van der Waals surface area contributed by atoms with Crippen LogP contribution in [0.15, 0.2) is 0 Å². The van der Waals surface area contributed by atoms with Crippen LogP contribution in [0.4, 0.5) is 0 Å². The zero-order valence-electron chi connectivity index (χ0n) is 9.20. The number of methoxy groups -OCH3 is 1. The van der Waals surface area contributed by atoms with E-state index in [0.29, 0.717) is 13.2 Å². The molecule has 1 N–H and O–H groups in total. The van der Waals surface area contributed by atoms with Gasteiger partial charge in [-0.25, -0.2) is 0 Å². The quantitative estimate of drug-likeness (QED) is 0.575. The third-order valence-corrected chi connectivity index (χ3v) is 2.78. The zero-order valence-corrected chi connectivity index (χ0v) is 9.96. The molecule has 1 rings (SSSR count). The lowest BCUT2D eigenvalue weighted by Crippen LogP contribution is -2.40. The van der Waals surface area contributed by atoms with E-state index in [4.69, 9.17) is 16.3 Å². The highest BCUT2D eigenvalue weighted by Crippen LogP contribution is 2.13. The summed E-state index contributed by atoms with van der Waals surface area (Å²) in [6.07, 6.45) is 1.70. The number of esters is 1. The molecule has 1 aliphatic heterocycles. The second-order valence-corrected chi connectivity index (χ2v) is 4.18. The minimum Gasteiger partial charge on any atom is -0.468 e. The molecule has 2 atom stereocenters. The van der Waals surface area contributed by atoms with Crippen LogP contribution < -0.4 is 5.32 Å². The topological polar surface area (TPSA) is 64.6 Å². The van der Waals surface area contributed by atoms with Crippen molar-refractivity contribution in [2.75, 3.05) is 26.9 Å². The monoisotopic (exact) mass is 249 g/mol. The first-order valence-corrected chi connectivity index (χ1v) is 5.66. The van der Waals surface area contributed by atoms with Gasteiger partial charge in [0.2, 0.25) is 5.91 Å². The van der Waals surface area contributed by atoms with Gasteiger partial charge < -0.3 is 14.8 Å². The van der Waals surface area contributed by atoms with Crippen LogP contribution in [0.1, 0.15) is 12.8 Å². The first-order chi connectivity index (χ1) is 7.65. The van der Waals surface area contributed by atoms with Gasteiger partial charge in [0, 0.05) is 13.2 Å². The molecule has 0 spiro atoms. The number of nitrogens with one attached hydrogen (secondary N) is 1. The molecule has 0 aromatic rings. The van der Waals surface area contributed by atoms with Crippen molar-refractivity contribution in [2.24, 2.45) is 5.92 Å². The molecule has 1 heterocycles. The highest BCUT2D eigenvalue weighted by Gasteiger charge is 2.23. The van der Waals surface area contributed by atoms with Crippen molar-refractivity contribution >= 4 is 23.5 Å². The van der Waals surface area contributed by atoms with Crippen molar-refractivity contribution in [1.82, 2.24) is 5.32 Å². The van der Waals surface area contributed by atoms with Gasteiger partial charge in [-0.15, -0.1) is 11.6 Å². The summed E-state index contributed by atoms with van der Waals surface area (Å²) in [5.74, 6) is -0.786. The van der Waals surface area contributed by atoms with E-state index >= 15 is 0 Å². The van der Waals surface area contributed by atoms with E-state index in [-0.39, 0.29) is 18.4 Å². The van der Waals surface area contributed by atoms with Crippen LogP contribution in [0.25, 0.3) is 0 Å². The second kappa shape index (κ2) is 6.70.